The Morgan fingerprint density at radius 2 is 1.30 bits per heavy atom. The summed E-state index contributed by atoms with van der Waals surface area (Å²) >= 11 is 0. The number of carboxylic acids is 1. The topological polar surface area (TPSA) is 182 Å². The van der Waals surface area contributed by atoms with E-state index in [1.807, 2.05) is 0 Å². The van der Waals surface area contributed by atoms with Gasteiger partial charge in [0.25, 0.3) is 11.8 Å². The van der Waals surface area contributed by atoms with Crippen LogP contribution in [0, 0.1) is 0 Å². The predicted octanol–water partition coefficient (Wildman–Crippen LogP) is 2.87. The van der Waals surface area contributed by atoms with Gasteiger partial charge in [0.2, 0.25) is 5.91 Å². The summed E-state index contributed by atoms with van der Waals surface area (Å²) in [6, 6.07) is 9.15. The maximum Gasteiger partial charge on any atom is 0.490 e. The summed E-state index contributed by atoms with van der Waals surface area (Å²) in [5.74, 6) is -5.60. The van der Waals surface area contributed by atoms with Crippen molar-refractivity contribution in [2.45, 2.75) is 31.1 Å². The number of alkyl halides is 6. The Labute approximate surface area is 222 Å². The van der Waals surface area contributed by atoms with Crippen molar-refractivity contribution in [2.24, 2.45) is 22.2 Å². The second-order valence-electron chi connectivity index (χ2n) is 8.45. The van der Waals surface area contributed by atoms with Gasteiger partial charge in [0.1, 0.15) is 0 Å². The number of likely N-dealkylation sites (tertiary alicyclic amines) is 1. The smallest absolute Gasteiger partial charge is 0.475 e. The van der Waals surface area contributed by atoms with E-state index in [0.717, 1.165) is 6.07 Å². The molecule has 0 spiro atoms. The van der Waals surface area contributed by atoms with Crippen LogP contribution in [0.3, 0.4) is 0 Å². The fourth-order valence-corrected chi connectivity index (χ4v) is 3.83. The Kier molecular flexibility index (Phi) is 9.86. The van der Waals surface area contributed by atoms with Crippen LogP contribution in [0.15, 0.2) is 47.5 Å². The van der Waals surface area contributed by atoms with E-state index in [9.17, 15) is 40.7 Å². The molecule has 0 aliphatic carbocycles. The van der Waals surface area contributed by atoms with Gasteiger partial charge >= 0.3 is 18.3 Å². The van der Waals surface area contributed by atoms with E-state index in [0.29, 0.717) is 18.4 Å². The number of guanidine groups is 1. The van der Waals surface area contributed by atoms with E-state index in [1.165, 1.54) is 36.4 Å². The first kappa shape index (κ1) is 31.6. The van der Waals surface area contributed by atoms with Crippen molar-refractivity contribution in [3.05, 3.63) is 70.3 Å². The number of carbonyl (C=O) groups excluding carboxylic acids is 3. The molecule has 7 N–H and O–H groups in total. The summed E-state index contributed by atoms with van der Waals surface area (Å²) in [4.78, 5) is 49.6. The molecule has 10 nitrogen and oxygen atoms in total. The molecule has 2 aromatic rings. The third-order valence-electron chi connectivity index (χ3n) is 5.72. The number of rotatable bonds is 4. The second kappa shape index (κ2) is 12.5. The van der Waals surface area contributed by atoms with Gasteiger partial charge in [-0.05, 0) is 60.7 Å². The zero-order valence-corrected chi connectivity index (χ0v) is 20.4. The maximum absolute atomic E-state index is 13.7. The Bertz CT molecular complexity index is 1300. The summed E-state index contributed by atoms with van der Waals surface area (Å²) in [6.07, 6.45) is -9.14. The number of amides is 3. The number of benzene rings is 2. The molecular weight excluding hydrogens is 552 g/mol. The number of hydrogen-bond donors (Lipinski definition) is 4. The molecule has 0 radical (unpaired) electrons. The average Bonchev–Trinajstić information content (AvgIpc) is 2.87. The maximum atomic E-state index is 13.7. The lowest BCUT2D eigenvalue weighted by Gasteiger charge is -2.33. The van der Waals surface area contributed by atoms with Gasteiger partial charge in [-0.3, -0.25) is 14.4 Å². The number of carbonyl (C=O) groups is 4. The van der Waals surface area contributed by atoms with Crippen LogP contribution in [-0.2, 0) is 11.0 Å². The number of carboxylic acid groups (broad SMARTS) is 1. The number of aliphatic carboxylic acids is 1. The van der Waals surface area contributed by atoms with Crippen LogP contribution < -0.4 is 17.2 Å². The molecule has 1 saturated heterocycles. The number of halogens is 6. The SMILES string of the molecule is NC(=O)c1ccc(C(=O)N2CCC(c3ccc(C(=O)N=C(N)N)cc3C(F)(F)F)CC2)cc1.O=C(O)C(F)(F)F. The molecule has 3 rings (SSSR count). The van der Waals surface area contributed by atoms with Crippen LogP contribution in [-0.4, -0.2) is 58.9 Å². The summed E-state index contributed by atoms with van der Waals surface area (Å²) < 4.78 is 72.9. The highest BCUT2D eigenvalue weighted by atomic mass is 19.4. The summed E-state index contributed by atoms with van der Waals surface area (Å²) in [7, 11) is 0. The lowest BCUT2D eigenvalue weighted by molar-refractivity contribution is -0.192. The first-order chi connectivity index (χ1) is 18.4. The van der Waals surface area contributed by atoms with Crippen LogP contribution >= 0.6 is 0 Å². The highest BCUT2D eigenvalue weighted by Gasteiger charge is 2.38. The van der Waals surface area contributed by atoms with Crippen molar-refractivity contribution in [3.8, 4) is 0 Å². The van der Waals surface area contributed by atoms with Gasteiger partial charge < -0.3 is 27.2 Å². The van der Waals surface area contributed by atoms with E-state index in [1.54, 1.807) is 4.90 Å². The van der Waals surface area contributed by atoms with Crippen LogP contribution in [0.4, 0.5) is 26.3 Å². The molecular formula is C24H23F6N5O5. The number of nitrogens with zero attached hydrogens (tertiary/aromatic N) is 2. The van der Waals surface area contributed by atoms with Crippen LogP contribution in [0.25, 0.3) is 0 Å². The van der Waals surface area contributed by atoms with Crippen LogP contribution in [0.2, 0.25) is 0 Å². The molecule has 216 valence electrons. The monoisotopic (exact) mass is 575 g/mol. The van der Waals surface area contributed by atoms with Gasteiger partial charge in [-0.2, -0.15) is 31.3 Å². The molecule has 0 atom stereocenters. The highest BCUT2D eigenvalue weighted by Crippen LogP contribution is 2.39. The summed E-state index contributed by atoms with van der Waals surface area (Å²) in [6.45, 7) is 0.514. The van der Waals surface area contributed by atoms with Crippen molar-refractivity contribution >= 4 is 29.7 Å². The highest BCUT2D eigenvalue weighted by molar-refractivity contribution is 6.02. The number of hydrogen-bond acceptors (Lipinski definition) is 4. The minimum atomic E-state index is -5.08. The predicted molar refractivity (Wildman–Crippen MR) is 128 cm³/mol. The molecule has 0 bridgehead atoms. The van der Waals surface area contributed by atoms with Gasteiger partial charge in [0.05, 0.1) is 5.56 Å². The Morgan fingerprint density at radius 1 is 0.825 bits per heavy atom. The zero-order valence-electron chi connectivity index (χ0n) is 20.4. The molecule has 1 aliphatic rings. The number of nitrogens with two attached hydrogens (primary N) is 3. The number of piperidine rings is 1. The molecule has 3 amide bonds. The standard InChI is InChI=1S/C22H22F3N5O3.C2HF3O2/c23-22(24,25)17-11-15(19(32)29-21(27)28)5-6-16(17)12-7-9-30(10-8-12)20(33)14-3-1-13(2-4-14)18(26)31;3-2(4,5)1(6)7/h1-6,11-12H,7-10H2,(H2,26,31)(H4,27,28,29,32);(H,6,7). The lowest BCUT2D eigenvalue weighted by atomic mass is 9.85. The van der Waals surface area contributed by atoms with E-state index >= 15 is 0 Å². The molecule has 1 fully saturated rings. The van der Waals surface area contributed by atoms with Gasteiger partial charge in [-0.25, -0.2) is 4.79 Å². The van der Waals surface area contributed by atoms with Crippen molar-refractivity contribution in [2.75, 3.05) is 13.1 Å². The molecule has 0 saturated carbocycles. The minimum absolute atomic E-state index is 0.0571. The molecule has 16 heteroatoms. The lowest BCUT2D eigenvalue weighted by Crippen LogP contribution is -2.38. The van der Waals surface area contributed by atoms with Crippen LogP contribution in [0.1, 0.15) is 61.0 Å². The molecule has 40 heavy (non-hydrogen) atoms. The van der Waals surface area contributed by atoms with Gasteiger partial charge in [0.15, 0.2) is 5.96 Å². The number of aliphatic imine (C=N–C) groups is 1. The molecule has 0 unspecified atom stereocenters. The van der Waals surface area contributed by atoms with Crippen molar-refractivity contribution < 1.29 is 50.6 Å². The third kappa shape index (κ3) is 8.44. The van der Waals surface area contributed by atoms with Gasteiger partial charge in [-0.15, -0.1) is 0 Å². The van der Waals surface area contributed by atoms with Gasteiger partial charge in [0, 0.05) is 29.8 Å². The van der Waals surface area contributed by atoms with E-state index in [2.05, 4.69) is 4.99 Å². The summed E-state index contributed by atoms with van der Waals surface area (Å²) in [5.41, 5.74) is 14.9. The largest absolute Gasteiger partial charge is 0.490 e. The first-order valence-corrected chi connectivity index (χ1v) is 11.3. The minimum Gasteiger partial charge on any atom is -0.475 e. The van der Waals surface area contributed by atoms with Crippen LogP contribution in [0.5, 0.6) is 0 Å². The van der Waals surface area contributed by atoms with Gasteiger partial charge in [-0.1, -0.05) is 6.07 Å². The molecule has 1 heterocycles. The average molecular weight is 575 g/mol. The van der Waals surface area contributed by atoms with E-state index in [-0.39, 0.29) is 35.7 Å². The third-order valence-corrected chi connectivity index (χ3v) is 5.72. The summed E-state index contributed by atoms with van der Waals surface area (Å²) in [5, 5.41) is 7.12. The second-order valence-corrected chi connectivity index (χ2v) is 8.45. The normalized spacial score (nSPS) is 14.0. The number of primary amides is 1. The van der Waals surface area contributed by atoms with E-state index < -0.39 is 47.6 Å². The Morgan fingerprint density at radius 3 is 1.73 bits per heavy atom. The molecule has 0 aromatic heterocycles. The quantitative estimate of drug-likeness (QED) is 0.246. The first-order valence-electron chi connectivity index (χ1n) is 11.3. The fraction of sp³-hybridized carbons (Fsp3) is 0.292. The zero-order chi connectivity index (χ0) is 30.4. The van der Waals surface area contributed by atoms with E-state index in [4.69, 9.17) is 27.1 Å². The van der Waals surface area contributed by atoms with Crippen molar-refractivity contribution in [1.29, 1.82) is 0 Å². The molecule has 1 aliphatic heterocycles. The Hall–Kier alpha value is -4.63. The fourth-order valence-electron chi connectivity index (χ4n) is 3.83. The van der Waals surface area contributed by atoms with Crippen molar-refractivity contribution in [1.82, 2.24) is 4.90 Å². The molecule has 2 aromatic carbocycles. The van der Waals surface area contributed by atoms with Crippen molar-refractivity contribution in [3.63, 3.8) is 0 Å². The Balaban J connectivity index is 0.000000708.